The summed E-state index contributed by atoms with van der Waals surface area (Å²) >= 11 is 6.01. The fourth-order valence-electron chi connectivity index (χ4n) is 2.84. The summed E-state index contributed by atoms with van der Waals surface area (Å²) in [6.45, 7) is 11.2. The number of rotatable bonds is 11. The van der Waals surface area contributed by atoms with Crippen molar-refractivity contribution in [3.63, 3.8) is 0 Å². The Morgan fingerprint density at radius 1 is 1.30 bits per heavy atom. The number of carbonyl (C=O) groups excluding carboxylic acids is 2. The Labute approximate surface area is 169 Å². The molecule has 0 fully saturated rings. The zero-order valence-corrected chi connectivity index (χ0v) is 18.6. The first-order valence-electron chi connectivity index (χ1n) is 9.92. The van der Waals surface area contributed by atoms with Crippen LogP contribution < -0.4 is 0 Å². The Hall–Kier alpha value is -1.49. The highest BCUT2D eigenvalue weighted by Gasteiger charge is 2.35. The van der Waals surface area contributed by atoms with E-state index < -0.39 is 5.41 Å². The summed E-state index contributed by atoms with van der Waals surface area (Å²) in [5, 5.41) is 0. The smallest absolute Gasteiger partial charge is 0.242 e. The van der Waals surface area contributed by atoms with E-state index in [-0.39, 0.29) is 30.3 Å². The summed E-state index contributed by atoms with van der Waals surface area (Å²) < 4.78 is 2.03. The average molecular weight is 398 g/mol. The van der Waals surface area contributed by atoms with Crippen LogP contribution in [-0.2, 0) is 23.2 Å². The Morgan fingerprint density at radius 2 is 1.96 bits per heavy atom. The van der Waals surface area contributed by atoms with Crippen LogP contribution in [0, 0.1) is 5.41 Å². The first-order chi connectivity index (χ1) is 12.7. The average Bonchev–Trinajstić information content (AvgIpc) is 3.06. The zero-order chi connectivity index (χ0) is 20.6. The predicted molar refractivity (Wildman–Crippen MR) is 112 cm³/mol. The lowest BCUT2D eigenvalue weighted by Gasteiger charge is -2.36. The molecule has 1 unspecified atom stereocenters. The second kappa shape index (κ2) is 10.7. The molecule has 2 amide bonds. The number of hydrogen-bond acceptors (Lipinski definition) is 2. The van der Waals surface area contributed by atoms with E-state index in [9.17, 15) is 9.59 Å². The van der Waals surface area contributed by atoms with Crippen molar-refractivity contribution in [3.8, 4) is 0 Å². The third-order valence-corrected chi connectivity index (χ3v) is 5.81. The number of amides is 2. The van der Waals surface area contributed by atoms with Crippen LogP contribution >= 0.6 is 11.6 Å². The summed E-state index contributed by atoms with van der Waals surface area (Å²) in [6, 6.07) is 4.00. The van der Waals surface area contributed by atoms with Crippen molar-refractivity contribution in [2.45, 2.75) is 66.5 Å². The predicted octanol–water partition coefficient (Wildman–Crippen LogP) is 4.05. The topological polar surface area (TPSA) is 45.6 Å². The molecule has 5 nitrogen and oxygen atoms in total. The van der Waals surface area contributed by atoms with Gasteiger partial charge in [-0.2, -0.15) is 0 Å². The maximum Gasteiger partial charge on any atom is 0.242 e. The van der Waals surface area contributed by atoms with Crippen LogP contribution in [0.5, 0.6) is 0 Å². The molecule has 1 heterocycles. The molecule has 0 N–H and O–H groups in total. The van der Waals surface area contributed by atoms with Crippen LogP contribution in [0.2, 0.25) is 0 Å². The standard InChI is InChI=1S/C21H36ClN3O2/c1-7-9-13-24(14-18-11-10-12-23(18)6)19(26)15-25(17(3)8-2)20(27)21(4,5)16-22/h10-12,17H,7-9,13-16H2,1-6H3. The summed E-state index contributed by atoms with van der Waals surface area (Å²) in [5.41, 5.74) is 0.402. The zero-order valence-electron chi connectivity index (χ0n) is 17.8. The van der Waals surface area contributed by atoms with Crippen LogP contribution in [0.25, 0.3) is 0 Å². The van der Waals surface area contributed by atoms with Crippen molar-refractivity contribution in [1.82, 2.24) is 14.4 Å². The SMILES string of the molecule is CCCCN(Cc1cccn1C)C(=O)CN(C(=O)C(C)(C)CCl)C(C)CC. The number of halogens is 1. The van der Waals surface area contributed by atoms with E-state index in [1.807, 2.05) is 62.5 Å². The number of carbonyl (C=O) groups is 2. The van der Waals surface area contributed by atoms with Gasteiger partial charge in [0.1, 0.15) is 6.54 Å². The Morgan fingerprint density at radius 3 is 2.44 bits per heavy atom. The quantitative estimate of drug-likeness (QED) is 0.529. The molecule has 1 aromatic rings. The Bertz CT molecular complexity index is 612. The number of aryl methyl sites for hydroxylation is 1. The third-order valence-electron chi connectivity index (χ3n) is 5.14. The number of alkyl halides is 1. The van der Waals surface area contributed by atoms with Crippen molar-refractivity contribution in [2.24, 2.45) is 12.5 Å². The molecule has 0 radical (unpaired) electrons. The van der Waals surface area contributed by atoms with Gasteiger partial charge in [-0.1, -0.05) is 20.3 Å². The lowest BCUT2D eigenvalue weighted by molar-refractivity contribution is -0.147. The van der Waals surface area contributed by atoms with E-state index in [2.05, 4.69) is 6.92 Å². The highest BCUT2D eigenvalue weighted by Crippen LogP contribution is 2.23. The molecule has 0 saturated carbocycles. The van der Waals surface area contributed by atoms with Gasteiger partial charge >= 0.3 is 0 Å². The summed E-state index contributed by atoms with van der Waals surface area (Å²) in [5.74, 6) is 0.161. The van der Waals surface area contributed by atoms with Crippen LogP contribution in [0.4, 0.5) is 0 Å². The Kier molecular flexibility index (Phi) is 9.37. The van der Waals surface area contributed by atoms with Crippen LogP contribution in [0.15, 0.2) is 18.3 Å². The maximum atomic E-state index is 13.1. The fourth-order valence-corrected chi connectivity index (χ4v) is 2.95. The largest absolute Gasteiger partial charge is 0.353 e. The molecule has 0 saturated heterocycles. The van der Waals surface area contributed by atoms with E-state index in [1.54, 1.807) is 4.90 Å². The van der Waals surface area contributed by atoms with Crippen molar-refractivity contribution in [1.29, 1.82) is 0 Å². The van der Waals surface area contributed by atoms with Gasteiger partial charge < -0.3 is 14.4 Å². The lowest BCUT2D eigenvalue weighted by atomic mass is 9.93. The minimum atomic E-state index is -0.683. The molecule has 154 valence electrons. The number of nitrogens with zero attached hydrogens (tertiary/aromatic N) is 3. The minimum absolute atomic E-state index is 0.00740. The van der Waals surface area contributed by atoms with Gasteiger partial charge in [-0.25, -0.2) is 0 Å². The van der Waals surface area contributed by atoms with Crippen LogP contribution in [0.1, 0.15) is 59.6 Å². The molecule has 0 aliphatic rings. The first kappa shape index (κ1) is 23.5. The van der Waals surface area contributed by atoms with Crippen LogP contribution in [-0.4, -0.2) is 51.2 Å². The molecule has 0 spiro atoms. The summed E-state index contributed by atoms with van der Waals surface area (Å²) in [7, 11) is 1.98. The van der Waals surface area contributed by atoms with Gasteiger partial charge in [0.05, 0.1) is 12.0 Å². The minimum Gasteiger partial charge on any atom is -0.353 e. The third kappa shape index (κ3) is 6.56. The molecule has 1 aromatic heterocycles. The van der Waals surface area contributed by atoms with E-state index >= 15 is 0 Å². The molecule has 1 atom stereocenters. The molecular weight excluding hydrogens is 362 g/mol. The van der Waals surface area contributed by atoms with Gasteiger partial charge in [-0.3, -0.25) is 9.59 Å². The molecule has 1 rings (SSSR count). The van der Waals surface area contributed by atoms with E-state index in [4.69, 9.17) is 11.6 Å². The summed E-state index contributed by atoms with van der Waals surface area (Å²) in [6.07, 6.45) is 4.74. The van der Waals surface area contributed by atoms with Gasteiger partial charge in [0.2, 0.25) is 11.8 Å². The first-order valence-corrected chi connectivity index (χ1v) is 10.5. The van der Waals surface area contributed by atoms with Crippen LogP contribution in [0.3, 0.4) is 0 Å². The van der Waals surface area contributed by atoms with Gasteiger partial charge in [-0.15, -0.1) is 11.6 Å². The molecule has 27 heavy (non-hydrogen) atoms. The normalized spacial score (nSPS) is 12.7. The lowest BCUT2D eigenvalue weighted by Crippen LogP contribution is -2.51. The summed E-state index contributed by atoms with van der Waals surface area (Å²) in [4.78, 5) is 29.7. The second-order valence-corrected chi connectivity index (χ2v) is 8.25. The van der Waals surface area contributed by atoms with E-state index in [0.717, 1.165) is 25.0 Å². The number of aromatic nitrogens is 1. The van der Waals surface area contributed by atoms with Gasteiger partial charge in [0.25, 0.3) is 0 Å². The van der Waals surface area contributed by atoms with Crippen molar-refractivity contribution < 1.29 is 9.59 Å². The molecular formula is C21H36ClN3O2. The number of hydrogen-bond donors (Lipinski definition) is 0. The molecule has 0 aliphatic heterocycles. The van der Waals surface area contributed by atoms with Gasteiger partial charge in [0.15, 0.2) is 0 Å². The van der Waals surface area contributed by atoms with E-state index in [1.165, 1.54) is 0 Å². The monoisotopic (exact) mass is 397 g/mol. The van der Waals surface area contributed by atoms with Gasteiger partial charge in [0, 0.05) is 37.4 Å². The molecule has 0 bridgehead atoms. The number of unbranched alkanes of at least 4 members (excludes halogenated alkanes) is 1. The highest BCUT2D eigenvalue weighted by atomic mass is 35.5. The molecule has 6 heteroatoms. The van der Waals surface area contributed by atoms with E-state index in [0.29, 0.717) is 13.1 Å². The second-order valence-electron chi connectivity index (χ2n) is 7.99. The highest BCUT2D eigenvalue weighted by molar-refractivity contribution is 6.19. The van der Waals surface area contributed by atoms with Crippen molar-refractivity contribution >= 4 is 23.4 Å². The van der Waals surface area contributed by atoms with Gasteiger partial charge in [-0.05, 0) is 45.7 Å². The Balaban J connectivity index is 2.99. The van der Waals surface area contributed by atoms with Crippen molar-refractivity contribution in [2.75, 3.05) is 19.0 Å². The molecule has 0 aromatic carbocycles. The van der Waals surface area contributed by atoms with Crippen molar-refractivity contribution in [3.05, 3.63) is 24.0 Å². The molecule has 0 aliphatic carbocycles. The maximum absolute atomic E-state index is 13.1. The fraction of sp³-hybridized carbons (Fsp3) is 0.714.